The van der Waals surface area contributed by atoms with E-state index in [0.29, 0.717) is 12.2 Å². The van der Waals surface area contributed by atoms with Gasteiger partial charge in [0.2, 0.25) is 11.8 Å². The van der Waals surface area contributed by atoms with Crippen LogP contribution in [-0.2, 0) is 16.1 Å². The highest BCUT2D eigenvalue weighted by Crippen LogP contribution is 2.34. The van der Waals surface area contributed by atoms with Gasteiger partial charge in [-0.05, 0) is 25.3 Å². The van der Waals surface area contributed by atoms with Gasteiger partial charge in [0.15, 0.2) is 0 Å². The molecule has 3 heterocycles. The molecule has 1 saturated heterocycles. The van der Waals surface area contributed by atoms with Crippen molar-refractivity contribution in [2.75, 3.05) is 13.6 Å². The second-order valence-corrected chi connectivity index (χ2v) is 9.05. The maximum absolute atomic E-state index is 13.5. The number of amides is 2. The first-order valence-electron chi connectivity index (χ1n) is 10.1. The number of rotatable bonds is 5. The molecule has 0 saturated carbocycles. The van der Waals surface area contributed by atoms with Gasteiger partial charge in [-0.2, -0.15) is 5.10 Å². The van der Waals surface area contributed by atoms with Crippen LogP contribution in [0, 0.1) is 19.3 Å². The Morgan fingerprint density at radius 1 is 1.33 bits per heavy atom. The van der Waals surface area contributed by atoms with Crippen LogP contribution in [0.5, 0.6) is 0 Å². The zero-order valence-corrected chi connectivity index (χ0v) is 18.5. The number of aliphatic hydroxyl groups is 1. The number of likely N-dealkylation sites (tertiary alicyclic amines) is 1. The van der Waals surface area contributed by atoms with E-state index in [-0.39, 0.29) is 24.8 Å². The van der Waals surface area contributed by atoms with Crippen molar-refractivity contribution in [3.8, 4) is 0 Å². The van der Waals surface area contributed by atoms with Crippen molar-refractivity contribution in [3.05, 3.63) is 29.3 Å². The summed E-state index contributed by atoms with van der Waals surface area (Å²) < 4.78 is 3.41. The fraction of sp³-hybridized carbons (Fsp3) is 0.650. The highest BCUT2D eigenvalue weighted by atomic mass is 16.3. The van der Waals surface area contributed by atoms with Gasteiger partial charge in [-0.3, -0.25) is 14.3 Å². The number of carbonyl (C=O) groups excluding carboxylic acids is 2. The molecule has 0 aliphatic carbocycles. The van der Waals surface area contributed by atoms with E-state index in [1.807, 2.05) is 45.4 Å². The van der Waals surface area contributed by atoms with Crippen LogP contribution in [0.15, 0.2) is 12.3 Å². The SMILES string of the molecule is CNC(=O)[C@H]1CC(O)CN1C(=O)C(n1cc(Cn2nc(C)cc2C)nn1)C(C)(C)C. The Hall–Kier alpha value is -2.75. The molecule has 0 radical (unpaired) electrons. The molecule has 10 nitrogen and oxygen atoms in total. The van der Waals surface area contributed by atoms with Crippen LogP contribution < -0.4 is 5.32 Å². The monoisotopic (exact) mass is 417 g/mol. The Morgan fingerprint density at radius 2 is 2.03 bits per heavy atom. The summed E-state index contributed by atoms with van der Waals surface area (Å²) in [6.07, 6.45) is 1.25. The van der Waals surface area contributed by atoms with Crippen LogP contribution in [0.25, 0.3) is 0 Å². The lowest BCUT2D eigenvalue weighted by atomic mass is 9.85. The summed E-state index contributed by atoms with van der Waals surface area (Å²) in [6.45, 7) is 10.3. The number of likely N-dealkylation sites (N-methyl/N-ethyl adjacent to an activating group) is 1. The Bertz CT molecular complexity index is 927. The van der Waals surface area contributed by atoms with Crippen LogP contribution in [0.1, 0.15) is 50.3 Å². The second-order valence-electron chi connectivity index (χ2n) is 9.05. The number of hydrogen-bond acceptors (Lipinski definition) is 6. The van der Waals surface area contributed by atoms with E-state index in [0.717, 1.165) is 11.4 Å². The van der Waals surface area contributed by atoms with Crippen molar-refractivity contribution in [1.82, 2.24) is 35.0 Å². The summed E-state index contributed by atoms with van der Waals surface area (Å²) in [7, 11) is 1.53. The molecule has 3 atom stereocenters. The van der Waals surface area contributed by atoms with Crippen LogP contribution in [0.3, 0.4) is 0 Å². The van der Waals surface area contributed by atoms with Crippen LogP contribution >= 0.6 is 0 Å². The number of nitrogens with one attached hydrogen (secondary N) is 1. The van der Waals surface area contributed by atoms with E-state index in [4.69, 9.17) is 0 Å². The number of hydrogen-bond donors (Lipinski definition) is 2. The van der Waals surface area contributed by atoms with Gasteiger partial charge in [0.05, 0.1) is 24.5 Å². The highest BCUT2D eigenvalue weighted by Gasteiger charge is 2.44. The molecule has 2 N–H and O–H groups in total. The highest BCUT2D eigenvalue weighted by molar-refractivity contribution is 5.90. The van der Waals surface area contributed by atoms with E-state index in [2.05, 4.69) is 20.7 Å². The number of nitrogens with zero attached hydrogens (tertiary/aromatic N) is 6. The minimum Gasteiger partial charge on any atom is -0.391 e. The number of carbonyl (C=O) groups is 2. The van der Waals surface area contributed by atoms with Crippen molar-refractivity contribution in [2.24, 2.45) is 5.41 Å². The average molecular weight is 418 g/mol. The zero-order valence-electron chi connectivity index (χ0n) is 18.5. The van der Waals surface area contributed by atoms with Gasteiger partial charge < -0.3 is 15.3 Å². The lowest BCUT2D eigenvalue weighted by Crippen LogP contribution is -2.49. The van der Waals surface area contributed by atoms with E-state index in [9.17, 15) is 14.7 Å². The van der Waals surface area contributed by atoms with Crippen LogP contribution in [-0.4, -0.2) is 72.3 Å². The molecule has 2 amide bonds. The van der Waals surface area contributed by atoms with Gasteiger partial charge in [0.25, 0.3) is 0 Å². The van der Waals surface area contributed by atoms with E-state index < -0.39 is 23.6 Å². The number of aryl methyl sites for hydroxylation is 2. The summed E-state index contributed by atoms with van der Waals surface area (Å²) in [6, 6.07) is 0.625. The third-order valence-electron chi connectivity index (χ3n) is 5.40. The fourth-order valence-electron chi connectivity index (χ4n) is 4.01. The van der Waals surface area contributed by atoms with Crippen molar-refractivity contribution in [1.29, 1.82) is 0 Å². The molecule has 164 valence electrons. The van der Waals surface area contributed by atoms with E-state index in [1.165, 1.54) is 11.9 Å². The molecule has 0 aromatic carbocycles. The molecule has 3 rings (SSSR count). The average Bonchev–Trinajstić information content (AvgIpc) is 3.33. The second kappa shape index (κ2) is 8.17. The first-order chi connectivity index (χ1) is 14.0. The summed E-state index contributed by atoms with van der Waals surface area (Å²) in [5.74, 6) is -0.536. The lowest BCUT2D eigenvalue weighted by molar-refractivity contribution is -0.144. The largest absolute Gasteiger partial charge is 0.391 e. The molecular formula is C20H31N7O3. The van der Waals surface area contributed by atoms with Crippen LogP contribution in [0.2, 0.25) is 0 Å². The van der Waals surface area contributed by atoms with Gasteiger partial charge in [0.1, 0.15) is 17.8 Å². The van der Waals surface area contributed by atoms with Crippen molar-refractivity contribution < 1.29 is 14.7 Å². The predicted octanol–water partition coefficient (Wildman–Crippen LogP) is 0.435. The molecule has 0 spiro atoms. The molecule has 2 aromatic heterocycles. The first kappa shape index (κ1) is 21.9. The molecule has 0 bridgehead atoms. The zero-order chi connectivity index (χ0) is 22.2. The van der Waals surface area contributed by atoms with Gasteiger partial charge in [0, 0.05) is 25.7 Å². The molecular weight excluding hydrogens is 386 g/mol. The number of aliphatic hydroxyl groups excluding tert-OH is 1. The molecule has 2 unspecified atom stereocenters. The van der Waals surface area contributed by atoms with Crippen molar-refractivity contribution >= 4 is 11.8 Å². The van der Waals surface area contributed by atoms with E-state index in [1.54, 1.807) is 10.9 Å². The Labute approximate surface area is 176 Å². The predicted molar refractivity (Wildman–Crippen MR) is 110 cm³/mol. The summed E-state index contributed by atoms with van der Waals surface area (Å²) in [5, 5.41) is 25.6. The smallest absolute Gasteiger partial charge is 0.248 e. The molecule has 30 heavy (non-hydrogen) atoms. The normalized spacial score (nSPS) is 20.4. The lowest BCUT2D eigenvalue weighted by Gasteiger charge is -2.34. The van der Waals surface area contributed by atoms with Gasteiger partial charge in [-0.1, -0.05) is 26.0 Å². The fourth-order valence-corrected chi connectivity index (χ4v) is 4.01. The van der Waals surface area contributed by atoms with Crippen molar-refractivity contribution in [3.63, 3.8) is 0 Å². The van der Waals surface area contributed by atoms with Gasteiger partial charge in [-0.25, -0.2) is 4.68 Å². The summed E-state index contributed by atoms with van der Waals surface area (Å²) in [4.78, 5) is 27.2. The standard InChI is InChI=1S/C20H31N7O3/c1-12-7-13(2)26(23-12)9-14-10-27(24-22-14)17(20(3,4)5)19(30)25-11-15(28)8-16(25)18(29)21-6/h7,10,15-17,28H,8-9,11H2,1-6H3,(H,21,29)/t15?,16-,17?/m1/s1. The Kier molecular flexibility index (Phi) is 5.98. The maximum Gasteiger partial charge on any atom is 0.248 e. The quantitative estimate of drug-likeness (QED) is 0.729. The molecule has 2 aromatic rings. The minimum absolute atomic E-state index is 0.122. The topological polar surface area (TPSA) is 118 Å². The Balaban J connectivity index is 1.88. The van der Waals surface area contributed by atoms with Gasteiger partial charge in [-0.15, -0.1) is 5.10 Å². The van der Waals surface area contributed by atoms with E-state index >= 15 is 0 Å². The molecule has 10 heteroatoms. The van der Waals surface area contributed by atoms with Crippen LogP contribution in [0.4, 0.5) is 0 Å². The van der Waals surface area contributed by atoms with Crippen molar-refractivity contribution in [2.45, 2.75) is 65.8 Å². The first-order valence-corrected chi connectivity index (χ1v) is 10.1. The van der Waals surface area contributed by atoms with Gasteiger partial charge >= 0.3 is 0 Å². The molecule has 1 aliphatic heterocycles. The molecule has 1 aliphatic rings. The molecule has 1 fully saturated rings. The third-order valence-corrected chi connectivity index (χ3v) is 5.40. The minimum atomic E-state index is -0.728. The third kappa shape index (κ3) is 4.38. The maximum atomic E-state index is 13.5. The summed E-state index contributed by atoms with van der Waals surface area (Å²) in [5.41, 5.74) is 2.15. The number of β-amino-alcohol motifs (C(OH)–C–C–N with tert-alkyl or cyclic N) is 1. The number of aromatic nitrogens is 5. The summed E-state index contributed by atoms with van der Waals surface area (Å²) >= 11 is 0. The Morgan fingerprint density at radius 3 is 2.60 bits per heavy atom.